The Kier molecular flexibility index (Phi) is 9.91. The summed E-state index contributed by atoms with van der Waals surface area (Å²) in [5, 5.41) is 17.2. The summed E-state index contributed by atoms with van der Waals surface area (Å²) < 4.78 is 0. The van der Waals surface area contributed by atoms with Gasteiger partial charge in [-0.05, 0) is 88.3 Å². The van der Waals surface area contributed by atoms with Gasteiger partial charge in [-0.15, -0.1) is 0 Å². The van der Waals surface area contributed by atoms with Gasteiger partial charge in [0.15, 0.2) is 11.6 Å². The van der Waals surface area contributed by atoms with Crippen LogP contribution >= 0.6 is 0 Å². The van der Waals surface area contributed by atoms with E-state index in [1.807, 2.05) is 0 Å². The summed E-state index contributed by atoms with van der Waals surface area (Å²) in [5.74, 6) is -2.11. The normalized spacial score (nSPS) is 18.0. The van der Waals surface area contributed by atoms with E-state index in [1.165, 1.54) is 36.4 Å². The molecule has 0 saturated carbocycles. The molecule has 10 N–H and O–H groups in total. The fourth-order valence-corrected chi connectivity index (χ4v) is 5.88. The first-order chi connectivity index (χ1) is 22.0. The van der Waals surface area contributed by atoms with Gasteiger partial charge in [0.05, 0.1) is 11.1 Å². The minimum absolute atomic E-state index is 0.000750. The number of piperidine rings is 2. The highest BCUT2D eigenvalue weighted by molar-refractivity contribution is 6.29. The molecule has 0 unspecified atom stereocenters. The number of hydrogen-bond acceptors (Lipinski definition) is 10. The van der Waals surface area contributed by atoms with Crippen LogP contribution in [-0.2, 0) is 19.2 Å². The quantitative estimate of drug-likeness (QED) is 0.143. The van der Waals surface area contributed by atoms with Crippen molar-refractivity contribution in [3.8, 4) is 0 Å². The number of anilines is 2. The Bertz CT molecular complexity index is 1450. The zero-order valence-electron chi connectivity index (χ0n) is 25.6. The van der Waals surface area contributed by atoms with Gasteiger partial charge in [0, 0.05) is 59.6 Å². The van der Waals surface area contributed by atoms with Crippen molar-refractivity contribution in [3.63, 3.8) is 0 Å². The molecule has 5 rings (SSSR count). The third-order valence-electron chi connectivity index (χ3n) is 8.76. The first-order valence-corrected chi connectivity index (χ1v) is 15.5. The molecule has 2 fully saturated rings. The lowest BCUT2D eigenvalue weighted by atomic mass is 9.83. The van der Waals surface area contributed by atoms with Crippen LogP contribution in [0.25, 0.3) is 0 Å². The predicted molar refractivity (Wildman–Crippen MR) is 170 cm³/mol. The summed E-state index contributed by atoms with van der Waals surface area (Å²) in [6, 6.07) is 8.93. The van der Waals surface area contributed by atoms with Crippen LogP contribution in [-0.4, -0.2) is 85.5 Å². The molecular formula is C32H40N8O6. The van der Waals surface area contributed by atoms with Gasteiger partial charge in [-0.25, -0.2) is 0 Å². The molecule has 3 aliphatic rings. The van der Waals surface area contributed by atoms with E-state index in [2.05, 4.69) is 31.9 Å². The lowest BCUT2D eigenvalue weighted by Crippen LogP contribution is -2.59. The second kappa shape index (κ2) is 13.9. The average molecular weight is 633 g/mol. The fourth-order valence-electron chi connectivity index (χ4n) is 5.88. The van der Waals surface area contributed by atoms with Crippen LogP contribution < -0.4 is 43.4 Å². The van der Waals surface area contributed by atoms with Gasteiger partial charge in [-0.2, -0.15) is 0 Å². The molecule has 2 heterocycles. The first kappa shape index (κ1) is 32.9. The number of carbonyl (C=O) groups is 6. The van der Waals surface area contributed by atoms with Crippen LogP contribution in [0.4, 0.5) is 11.4 Å². The number of ketones is 2. The van der Waals surface area contributed by atoms with Gasteiger partial charge in [0.25, 0.3) is 0 Å². The van der Waals surface area contributed by atoms with Gasteiger partial charge in [-0.1, -0.05) is 0 Å². The van der Waals surface area contributed by atoms with E-state index in [0.717, 1.165) is 0 Å². The van der Waals surface area contributed by atoms with Crippen molar-refractivity contribution in [1.29, 1.82) is 0 Å². The van der Waals surface area contributed by atoms with Gasteiger partial charge < -0.3 is 43.4 Å². The topological polar surface area (TPSA) is 227 Å². The maximum absolute atomic E-state index is 13.3. The minimum atomic E-state index is -0.948. The van der Waals surface area contributed by atoms with Crippen molar-refractivity contribution in [3.05, 3.63) is 58.7 Å². The average Bonchev–Trinajstić information content (AvgIpc) is 3.04. The van der Waals surface area contributed by atoms with E-state index in [0.29, 0.717) is 63.2 Å². The second-order valence-electron chi connectivity index (χ2n) is 12.1. The molecule has 4 amide bonds. The van der Waals surface area contributed by atoms with Gasteiger partial charge in [-0.3, -0.25) is 28.8 Å². The van der Waals surface area contributed by atoms with E-state index < -0.39 is 22.6 Å². The zero-order chi connectivity index (χ0) is 32.9. The molecule has 14 nitrogen and oxygen atoms in total. The molecule has 0 bridgehead atoms. The third kappa shape index (κ3) is 7.31. The second-order valence-corrected chi connectivity index (χ2v) is 12.1. The molecule has 2 saturated heterocycles. The molecule has 244 valence electrons. The molecule has 0 atom stereocenters. The van der Waals surface area contributed by atoms with E-state index in [1.54, 1.807) is 0 Å². The van der Waals surface area contributed by atoms with Crippen molar-refractivity contribution >= 4 is 46.6 Å². The summed E-state index contributed by atoms with van der Waals surface area (Å²) >= 11 is 0. The molecule has 2 aromatic carbocycles. The van der Waals surface area contributed by atoms with Crippen LogP contribution in [0.2, 0.25) is 0 Å². The van der Waals surface area contributed by atoms with Crippen LogP contribution in [0.1, 0.15) is 70.4 Å². The van der Waals surface area contributed by atoms with Crippen LogP contribution in [0.3, 0.4) is 0 Å². The largest absolute Gasteiger partial charge is 0.354 e. The molecule has 2 aliphatic heterocycles. The summed E-state index contributed by atoms with van der Waals surface area (Å²) in [4.78, 5) is 76.8. The van der Waals surface area contributed by atoms with E-state index in [9.17, 15) is 28.8 Å². The number of benzene rings is 2. The Morgan fingerprint density at radius 3 is 1.35 bits per heavy atom. The minimum Gasteiger partial charge on any atom is -0.354 e. The molecule has 46 heavy (non-hydrogen) atoms. The molecular weight excluding hydrogens is 592 g/mol. The summed E-state index contributed by atoms with van der Waals surface area (Å²) in [6.45, 7) is 2.83. The van der Waals surface area contributed by atoms with Crippen LogP contribution in [0.15, 0.2) is 36.4 Å². The Morgan fingerprint density at radius 1 is 0.609 bits per heavy atom. The van der Waals surface area contributed by atoms with Crippen LogP contribution in [0.5, 0.6) is 0 Å². The monoisotopic (exact) mass is 632 g/mol. The van der Waals surface area contributed by atoms with E-state index in [4.69, 9.17) is 11.5 Å². The molecule has 0 spiro atoms. The maximum atomic E-state index is 13.3. The Balaban J connectivity index is 1.14. The first-order valence-electron chi connectivity index (χ1n) is 15.5. The highest BCUT2D eigenvalue weighted by atomic mass is 16.2. The van der Waals surface area contributed by atoms with Crippen molar-refractivity contribution in [2.45, 2.75) is 49.6 Å². The highest BCUT2D eigenvalue weighted by Gasteiger charge is 2.36. The highest BCUT2D eigenvalue weighted by Crippen LogP contribution is 2.31. The lowest BCUT2D eigenvalue weighted by molar-refractivity contribution is -0.128. The Morgan fingerprint density at radius 2 is 0.978 bits per heavy atom. The number of nitrogens with one attached hydrogen (secondary N) is 6. The summed E-state index contributed by atoms with van der Waals surface area (Å²) in [5.41, 5.74) is 11.8. The molecule has 0 radical (unpaired) electrons. The van der Waals surface area contributed by atoms with Gasteiger partial charge >= 0.3 is 0 Å². The van der Waals surface area contributed by atoms with Gasteiger partial charge in [0.1, 0.15) is 0 Å². The molecule has 0 aromatic heterocycles. The molecule has 14 heteroatoms. The number of hydrogen-bond donors (Lipinski definition) is 8. The van der Waals surface area contributed by atoms with E-state index in [-0.39, 0.29) is 71.8 Å². The predicted octanol–water partition coefficient (Wildman–Crippen LogP) is -0.487. The van der Waals surface area contributed by atoms with Crippen molar-refractivity contribution in [2.75, 3.05) is 49.9 Å². The maximum Gasteiger partial charge on any atom is 0.240 e. The van der Waals surface area contributed by atoms with Gasteiger partial charge in [0.2, 0.25) is 23.6 Å². The number of rotatable bonds is 10. The van der Waals surface area contributed by atoms with Crippen LogP contribution in [0, 0.1) is 0 Å². The zero-order valence-corrected chi connectivity index (χ0v) is 25.6. The van der Waals surface area contributed by atoms with Crippen molar-refractivity contribution in [2.24, 2.45) is 11.5 Å². The lowest BCUT2D eigenvalue weighted by Gasteiger charge is -2.32. The summed E-state index contributed by atoms with van der Waals surface area (Å²) in [6.07, 6.45) is 2.06. The smallest absolute Gasteiger partial charge is 0.240 e. The van der Waals surface area contributed by atoms with Crippen molar-refractivity contribution in [1.82, 2.24) is 21.3 Å². The molecule has 2 aromatic rings. The number of nitrogens with two attached hydrogens (primary N) is 2. The fraction of sp³-hybridized carbons (Fsp3) is 0.438. The molecule has 1 aliphatic carbocycles. The third-order valence-corrected chi connectivity index (χ3v) is 8.76. The Hall–Kier alpha value is -4.50. The number of fused-ring (bicyclic) bond motifs is 2. The SMILES string of the molecule is NC1(C(=O)NCCC(=O)Nc2ccc3c(c2)C(=O)c2ccc(NC(=O)CCNC(=O)C4(N)CCNCC4)cc2C3=O)CCNCC1. The van der Waals surface area contributed by atoms with Crippen molar-refractivity contribution < 1.29 is 28.8 Å². The summed E-state index contributed by atoms with van der Waals surface area (Å²) in [7, 11) is 0. The Labute approximate surface area is 266 Å². The standard InChI is InChI=1S/C32H40N8O6/c33-31(7-13-35-14-8-31)29(45)37-11-5-25(41)39-19-1-3-21-23(17-19)28(44)22-4-2-20(18-24(22)27(21)43)40-26(42)6-12-38-30(46)32(34)9-15-36-16-10-32/h1-4,17-18,35-36H,5-16,33-34H2,(H,37,45)(H,38,46)(H,39,41)(H,40,42). The van der Waals surface area contributed by atoms with E-state index >= 15 is 0 Å². The number of carbonyl (C=O) groups excluding carboxylic acids is 6. The number of amides is 4.